The predicted octanol–water partition coefficient (Wildman–Crippen LogP) is 1.89. The molecule has 0 aliphatic carbocycles. The molecular formula is C11H20IN3O. The summed E-state index contributed by atoms with van der Waals surface area (Å²) in [5.41, 5.74) is 0. The van der Waals surface area contributed by atoms with Gasteiger partial charge in [0.05, 0.1) is 22.9 Å². The molecule has 5 heteroatoms. The van der Waals surface area contributed by atoms with Gasteiger partial charge in [0.15, 0.2) is 0 Å². The molecule has 1 aromatic rings. The van der Waals surface area contributed by atoms with Gasteiger partial charge in [0.2, 0.25) is 0 Å². The lowest BCUT2D eigenvalue weighted by atomic mass is 10.4. The number of ether oxygens (including phenoxy) is 1. The molecule has 0 radical (unpaired) electrons. The van der Waals surface area contributed by atoms with Crippen molar-refractivity contribution in [2.75, 3.05) is 26.3 Å². The molecule has 16 heavy (non-hydrogen) atoms. The van der Waals surface area contributed by atoms with Crippen LogP contribution in [-0.2, 0) is 11.3 Å². The number of nitrogens with zero attached hydrogens (tertiary/aromatic N) is 2. The molecule has 1 rings (SSSR count). The van der Waals surface area contributed by atoms with Crippen molar-refractivity contribution >= 4 is 22.6 Å². The van der Waals surface area contributed by atoms with Gasteiger partial charge in [-0.25, -0.2) is 0 Å². The topological polar surface area (TPSA) is 39.1 Å². The zero-order valence-corrected chi connectivity index (χ0v) is 11.9. The first-order chi connectivity index (χ1) is 7.83. The monoisotopic (exact) mass is 337 g/mol. The van der Waals surface area contributed by atoms with E-state index in [1.807, 2.05) is 17.1 Å². The molecule has 0 fully saturated rings. The average Bonchev–Trinajstić information content (AvgIpc) is 2.68. The summed E-state index contributed by atoms with van der Waals surface area (Å²) in [7, 11) is 0. The maximum absolute atomic E-state index is 5.44. The van der Waals surface area contributed by atoms with Crippen LogP contribution in [0, 0.1) is 3.57 Å². The molecule has 0 spiro atoms. The zero-order valence-electron chi connectivity index (χ0n) is 9.79. The van der Waals surface area contributed by atoms with Crippen LogP contribution in [-0.4, -0.2) is 36.1 Å². The normalized spacial score (nSPS) is 10.9. The first-order valence-corrected chi connectivity index (χ1v) is 6.87. The lowest BCUT2D eigenvalue weighted by Gasteiger charge is -2.05. The molecule has 0 aromatic carbocycles. The van der Waals surface area contributed by atoms with Gasteiger partial charge in [0.25, 0.3) is 0 Å². The number of unbranched alkanes of at least 4 members (excludes halogenated alkanes) is 1. The Morgan fingerprint density at radius 1 is 1.44 bits per heavy atom. The van der Waals surface area contributed by atoms with Crippen LogP contribution in [0.2, 0.25) is 0 Å². The van der Waals surface area contributed by atoms with Gasteiger partial charge in [0.1, 0.15) is 0 Å². The second kappa shape index (κ2) is 8.95. The van der Waals surface area contributed by atoms with Crippen LogP contribution in [0.15, 0.2) is 12.4 Å². The van der Waals surface area contributed by atoms with E-state index in [0.29, 0.717) is 0 Å². The number of rotatable bonds is 9. The first-order valence-electron chi connectivity index (χ1n) is 5.79. The molecule has 1 N–H and O–H groups in total. The largest absolute Gasteiger partial charge is 0.380 e. The molecule has 0 saturated heterocycles. The van der Waals surface area contributed by atoms with Gasteiger partial charge in [-0.3, -0.25) is 4.68 Å². The van der Waals surface area contributed by atoms with E-state index in [1.165, 1.54) is 9.99 Å². The number of hydrogen-bond donors (Lipinski definition) is 1. The summed E-state index contributed by atoms with van der Waals surface area (Å²) in [6.45, 7) is 6.63. The van der Waals surface area contributed by atoms with Crippen molar-refractivity contribution in [3.8, 4) is 0 Å². The standard InChI is InChI=1S/C11H20IN3O/c1-2-3-7-16-8-5-13-4-6-15-10-11(12)9-14-15/h9-10,13H,2-8H2,1H3. The van der Waals surface area contributed by atoms with Crippen molar-refractivity contribution in [1.29, 1.82) is 0 Å². The number of aromatic nitrogens is 2. The summed E-state index contributed by atoms with van der Waals surface area (Å²) in [5.74, 6) is 0. The van der Waals surface area contributed by atoms with E-state index >= 15 is 0 Å². The van der Waals surface area contributed by atoms with Crippen molar-refractivity contribution in [1.82, 2.24) is 15.1 Å². The smallest absolute Gasteiger partial charge is 0.0623 e. The molecule has 0 amide bonds. The van der Waals surface area contributed by atoms with E-state index in [0.717, 1.165) is 39.3 Å². The molecular weight excluding hydrogens is 317 g/mol. The van der Waals surface area contributed by atoms with Crippen molar-refractivity contribution in [2.24, 2.45) is 0 Å². The Morgan fingerprint density at radius 2 is 2.31 bits per heavy atom. The molecule has 1 heterocycles. The third-order valence-electron chi connectivity index (χ3n) is 2.18. The molecule has 0 aliphatic rings. The van der Waals surface area contributed by atoms with Crippen LogP contribution in [0.4, 0.5) is 0 Å². The Balaban J connectivity index is 1.88. The molecule has 92 valence electrons. The second-order valence-corrected chi connectivity index (χ2v) is 4.88. The maximum Gasteiger partial charge on any atom is 0.0623 e. The third kappa shape index (κ3) is 6.44. The summed E-state index contributed by atoms with van der Waals surface area (Å²) >= 11 is 2.26. The molecule has 4 nitrogen and oxygen atoms in total. The summed E-state index contributed by atoms with van der Waals surface area (Å²) in [4.78, 5) is 0. The number of halogens is 1. The van der Waals surface area contributed by atoms with Crippen LogP contribution >= 0.6 is 22.6 Å². The fraction of sp³-hybridized carbons (Fsp3) is 0.727. The quantitative estimate of drug-likeness (QED) is 0.553. The summed E-state index contributed by atoms with van der Waals surface area (Å²) < 4.78 is 8.58. The highest BCUT2D eigenvalue weighted by Gasteiger charge is 1.94. The Labute approximate surface area is 111 Å². The Bertz CT molecular complexity index is 278. The maximum atomic E-state index is 5.44. The van der Waals surface area contributed by atoms with E-state index in [9.17, 15) is 0 Å². The van der Waals surface area contributed by atoms with E-state index in [-0.39, 0.29) is 0 Å². The summed E-state index contributed by atoms with van der Waals surface area (Å²) in [5, 5.41) is 7.54. The highest BCUT2D eigenvalue weighted by molar-refractivity contribution is 14.1. The Hall–Kier alpha value is -0.140. The number of hydrogen-bond acceptors (Lipinski definition) is 3. The predicted molar refractivity (Wildman–Crippen MR) is 73.5 cm³/mol. The second-order valence-electron chi connectivity index (χ2n) is 3.64. The minimum Gasteiger partial charge on any atom is -0.380 e. The van der Waals surface area contributed by atoms with E-state index < -0.39 is 0 Å². The molecule has 0 aliphatic heterocycles. The van der Waals surface area contributed by atoms with Gasteiger partial charge in [-0.15, -0.1) is 0 Å². The van der Waals surface area contributed by atoms with Crippen molar-refractivity contribution in [2.45, 2.75) is 26.3 Å². The van der Waals surface area contributed by atoms with Gasteiger partial charge >= 0.3 is 0 Å². The van der Waals surface area contributed by atoms with E-state index in [1.54, 1.807) is 0 Å². The zero-order chi connectivity index (χ0) is 11.6. The van der Waals surface area contributed by atoms with Crippen LogP contribution in [0.1, 0.15) is 19.8 Å². The lowest BCUT2D eigenvalue weighted by molar-refractivity contribution is 0.133. The SMILES string of the molecule is CCCCOCCNCCn1cc(I)cn1. The first kappa shape index (κ1) is 13.9. The Kier molecular flexibility index (Phi) is 7.79. The van der Waals surface area contributed by atoms with Crippen molar-refractivity contribution < 1.29 is 4.74 Å². The van der Waals surface area contributed by atoms with Gasteiger partial charge in [0, 0.05) is 25.9 Å². The summed E-state index contributed by atoms with van der Waals surface area (Å²) in [6, 6.07) is 0. The van der Waals surface area contributed by atoms with Crippen LogP contribution in [0.5, 0.6) is 0 Å². The molecule has 0 unspecified atom stereocenters. The van der Waals surface area contributed by atoms with Gasteiger partial charge < -0.3 is 10.1 Å². The minimum absolute atomic E-state index is 0.802. The molecule has 1 aromatic heterocycles. The van der Waals surface area contributed by atoms with Gasteiger partial charge in [-0.05, 0) is 29.0 Å². The highest BCUT2D eigenvalue weighted by atomic mass is 127. The van der Waals surface area contributed by atoms with Gasteiger partial charge in [-0.1, -0.05) is 13.3 Å². The van der Waals surface area contributed by atoms with Crippen molar-refractivity contribution in [3.05, 3.63) is 16.0 Å². The molecule has 0 bridgehead atoms. The van der Waals surface area contributed by atoms with Crippen molar-refractivity contribution in [3.63, 3.8) is 0 Å². The van der Waals surface area contributed by atoms with E-state index in [4.69, 9.17) is 4.74 Å². The molecule has 0 saturated carbocycles. The summed E-state index contributed by atoms with van der Waals surface area (Å²) in [6.07, 6.45) is 6.27. The van der Waals surface area contributed by atoms with Gasteiger partial charge in [-0.2, -0.15) is 5.10 Å². The minimum atomic E-state index is 0.802. The third-order valence-corrected chi connectivity index (χ3v) is 2.74. The number of nitrogens with one attached hydrogen (secondary N) is 1. The van der Waals surface area contributed by atoms with Crippen LogP contribution < -0.4 is 5.32 Å². The molecule has 0 atom stereocenters. The lowest BCUT2D eigenvalue weighted by Crippen LogP contribution is -2.24. The van der Waals surface area contributed by atoms with Crippen LogP contribution in [0.25, 0.3) is 0 Å². The fourth-order valence-electron chi connectivity index (χ4n) is 1.27. The Morgan fingerprint density at radius 3 is 3.00 bits per heavy atom. The fourth-order valence-corrected chi connectivity index (χ4v) is 1.72. The highest BCUT2D eigenvalue weighted by Crippen LogP contribution is 2.00. The average molecular weight is 337 g/mol. The van der Waals surface area contributed by atoms with Crippen LogP contribution in [0.3, 0.4) is 0 Å². The van der Waals surface area contributed by atoms with E-state index in [2.05, 4.69) is 39.9 Å².